The zero-order valence-electron chi connectivity index (χ0n) is 11.9. The highest BCUT2D eigenvalue weighted by molar-refractivity contribution is 4.96. The van der Waals surface area contributed by atoms with Gasteiger partial charge in [-0.2, -0.15) is 0 Å². The fraction of sp³-hybridized carbons (Fsp3) is 1.00. The van der Waals surface area contributed by atoms with Gasteiger partial charge in [0, 0.05) is 12.1 Å². The molecule has 1 heterocycles. The van der Waals surface area contributed by atoms with Crippen LogP contribution in [0.3, 0.4) is 0 Å². The summed E-state index contributed by atoms with van der Waals surface area (Å²) in [5, 5.41) is 9.46. The van der Waals surface area contributed by atoms with Crippen LogP contribution in [0.5, 0.6) is 0 Å². The maximum Gasteiger partial charge on any atom is 0.0613 e. The van der Waals surface area contributed by atoms with Crippen molar-refractivity contribution in [1.29, 1.82) is 0 Å². The van der Waals surface area contributed by atoms with E-state index in [1.54, 1.807) is 0 Å². The van der Waals surface area contributed by atoms with Crippen molar-refractivity contribution in [2.75, 3.05) is 26.2 Å². The second kappa shape index (κ2) is 6.36. The monoisotopic (exact) mass is 254 g/mol. The zero-order chi connectivity index (χ0) is 13.0. The average Bonchev–Trinajstić information content (AvgIpc) is 2.95. The van der Waals surface area contributed by atoms with E-state index >= 15 is 0 Å². The van der Waals surface area contributed by atoms with Crippen molar-refractivity contribution >= 4 is 0 Å². The van der Waals surface area contributed by atoms with Crippen LogP contribution in [0.1, 0.15) is 51.9 Å². The molecule has 2 rings (SSSR count). The van der Waals surface area contributed by atoms with Crippen LogP contribution in [0.25, 0.3) is 0 Å². The first-order valence-electron chi connectivity index (χ1n) is 7.80. The largest absolute Gasteiger partial charge is 0.394 e. The molecule has 3 atom stereocenters. The Kier molecular flexibility index (Phi) is 5.05. The fourth-order valence-corrected chi connectivity index (χ4v) is 3.91. The van der Waals surface area contributed by atoms with Gasteiger partial charge in [0.1, 0.15) is 0 Å². The van der Waals surface area contributed by atoms with Gasteiger partial charge in [-0.1, -0.05) is 19.8 Å². The van der Waals surface area contributed by atoms with Gasteiger partial charge in [-0.3, -0.25) is 0 Å². The molecule has 3 nitrogen and oxygen atoms in total. The van der Waals surface area contributed by atoms with Crippen LogP contribution in [0.4, 0.5) is 0 Å². The second-order valence-electron chi connectivity index (χ2n) is 6.51. The van der Waals surface area contributed by atoms with Crippen LogP contribution in [0.2, 0.25) is 0 Å². The minimum atomic E-state index is -0.275. The van der Waals surface area contributed by atoms with Crippen molar-refractivity contribution in [3.63, 3.8) is 0 Å². The first kappa shape index (κ1) is 14.3. The number of aliphatic hydroxyl groups excluding tert-OH is 1. The highest BCUT2D eigenvalue weighted by Crippen LogP contribution is 2.36. The van der Waals surface area contributed by atoms with E-state index in [0.29, 0.717) is 5.92 Å². The molecule has 106 valence electrons. The lowest BCUT2D eigenvalue weighted by molar-refractivity contribution is 0.147. The van der Waals surface area contributed by atoms with Crippen molar-refractivity contribution in [3.05, 3.63) is 0 Å². The number of rotatable bonds is 6. The standard InChI is InChI=1S/C15H30N2O/c1-2-4-13-6-9-17(11-13)10-7-14-5-3-8-15(14,16)12-18/h13-14,18H,2-12,16H2,1H3. The Morgan fingerprint density at radius 2 is 2.17 bits per heavy atom. The van der Waals surface area contributed by atoms with Crippen LogP contribution < -0.4 is 5.73 Å². The third kappa shape index (κ3) is 3.25. The molecule has 3 unspecified atom stereocenters. The molecule has 0 aromatic carbocycles. The Bertz CT molecular complexity index is 259. The highest BCUT2D eigenvalue weighted by atomic mass is 16.3. The number of nitrogens with two attached hydrogens (primary N) is 1. The lowest BCUT2D eigenvalue weighted by atomic mass is 9.86. The topological polar surface area (TPSA) is 49.5 Å². The lowest BCUT2D eigenvalue weighted by Gasteiger charge is -2.30. The van der Waals surface area contributed by atoms with Gasteiger partial charge < -0.3 is 15.7 Å². The molecule has 1 aliphatic heterocycles. The first-order chi connectivity index (χ1) is 8.68. The Morgan fingerprint density at radius 3 is 2.89 bits per heavy atom. The molecule has 3 N–H and O–H groups in total. The smallest absolute Gasteiger partial charge is 0.0613 e. The summed E-state index contributed by atoms with van der Waals surface area (Å²) in [6, 6.07) is 0. The fourth-order valence-electron chi connectivity index (χ4n) is 3.91. The number of likely N-dealkylation sites (tertiary alicyclic amines) is 1. The molecule has 1 saturated carbocycles. The maximum atomic E-state index is 9.46. The third-order valence-corrected chi connectivity index (χ3v) is 5.16. The summed E-state index contributed by atoms with van der Waals surface area (Å²) in [6.07, 6.45) is 8.67. The zero-order valence-corrected chi connectivity index (χ0v) is 11.9. The van der Waals surface area contributed by atoms with E-state index in [4.69, 9.17) is 5.73 Å². The molecule has 18 heavy (non-hydrogen) atoms. The third-order valence-electron chi connectivity index (χ3n) is 5.16. The molecule has 0 radical (unpaired) electrons. The minimum Gasteiger partial charge on any atom is -0.394 e. The van der Waals surface area contributed by atoms with Crippen LogP contribution in [-0.2, 0) is 0 Å². The SMILES string of the molecule is CCCC1CCN(CCC2CCCC2(N)CO)C1. The predicted octanol–water partition coefficient (Wildman–Crippen LogP) is 1.99. The van der Waals surface area contributed by atoms with Crippen molar-refractivity contribution in [2.24, 2.45) is 17.6 Å². The number of nitrogens with zero attached hydrogens (tertiary/aromatic N) is 1. The summed E-state index contributed by atoms with van der Waals surface area (Å²) >= 11 is 0. The van der Waals surface area contributed by atoms with E-state index in [-0.39, 0.29) is 12.1 Å². The summed E-state index contributed by atoms with van der Waals surface area (Å²) in [7, 11) is 0. The van der Waals surface area contributed by atoms with Crippen LogP contribution >= 0.6 is 0 Å². The molecular formula is C15H30N2O. The minimum absolute atomic E-state index is 0.163. The van der Waals surface area contributed by atoms with Crippen molar-refractivity contribution in [2.45, 2.75) is 57.4 Å². The molecule has 2 aliphatic rings. The normalized spacial score (nSPS) is 37.5. The van der Waals surface area contributed by atoms with Gasteiger partial charge in [0.25, 0.3) is 0 Å². The molecule has 0 bridgehead atoms. The summed E-state index contributed by atoms with van der Waals surface area (Å²) in [4.78, 5) is 2.61. The summed E-state index contributed by atoms with van der Waals surface area (Å²) < 4.78 is 0. The molecule has 1 aliphatic carbocycles. The Balaban J connectivity index is 1.72. The molecule has 2 fully saturated rings. The van der Waals surface area contributed by atoms with E-state index < -0.39 is 0 Å². The number of hydrogen-bond acceptors (Lipinski definition) is 3. The molecule has 0 aromatic rings. The predicted molar refractivity (Wildman–Crippen MR) is 75.4 cm³/mol. The molecule has 3 heteroatoms. The molecule has 0 amide bonds. The quantitative estimate of drug-likeness (QED) is 0.762. The first-order valence-corrected chi connectivity index (χ1v) is 7.80. The van der Waals surface area contributed by atoms with Crippen molar-refractivity contribution in [3.8, 4) is 0 Å². The van der Waals surface area contributed by atoms with Crippen LogP contribution in [-0.4, -0.2) is 41.8 Å². The van der Waals surface area contributed by atoms with Gasteiger partial charge >= 0.3 is 0 Å². The summed E-state index contributed by atoms with van der Waals surface area (Å²) in [5.41, 5.74) is 6.02. The summed E-state index contributed by atoms with van der Waals surface area (Å²) in [5.74, 6) is 1.46. The van der Waals surface area contributed by atoms with E-state index in [9.17, 15) is 5.11 Å². The van der Waals surface area contributed by atoms with Crippen LogP contribution in [0.15, 0.2) is 0 Å². The van der Waals surface area contributed by atoms with Gasteiger partial charge in [-0.15, -0.1) is 0 Å². The molecule has 1 saturated heterocycles. The van der Waals surface area contributed by atoms with E-state index in [1.165, 1.54) is 58.2 Å². The highest BCUT2D eigenvalue weighted by Gasteiger charge is 2.38. The van der Waals surface area contributed by atoms with Gasteiger partial charge in [0.15, 0.2) is 0 Å². The van der Waals surface area contributed by atoms with E-state index in [1.807, 2.05) is 0 Å². The molecule has 0 aromatic heterocycles. The Morgan fingerprint density at radius 1 is 1.33 bits per heavy atom. The van der Waals surface area contributed by atoms with Gasteiger partial charge in [-0.25, -0.2) is 0 Å². The molecule has 0 spiro atoms. The second-order valence-corrected chi connectivity index (χ2v) is 6.51. The number of aliphatic hydroxyl groups is 1. The van der Waals surface area contributed by atoms with E-state index in [2.05, 4.69) is 11.8 Å². The van der Waals surface area contributed by atoms with Gasteiger partial charge in [-0.05, 0) is 57.0 Å². The average molecular weight is 254 g/mol. The van der Waals surface area contributed by atoms with Crippen LogP contribution in [0, 0.1) is 11.8 Å². The Labute approximate surface area is 112 Å². The van der Waals surface area contributed by atoms with Crippen molar-refractivity contribution in [1.82, 2.24) is 4.90 Å². The van der Waals surface area contributed by atoms with E-state index in [0.717, 1.165) is 12.3 Å². The Hall–Kier alpha value is -0.120. The van der Waals surface area contributed by atoms with Gasteiger partial charge in [0.2, 0.25) is 0 Å². The number of hydrogen-bond donors (Lipinski definition) is 2. The maximum absolute atomic E-state index is 9.46. The van der Waals surface area contributed by atoms with Gasteiger partial charge in [0.05, 0.1) is 6.61 Å². The lowest BCUT2D eigenvalue weighted by Crippen LogP contribution is -2.47. The molecular weight excluding hydrogens is 224 g/mol. The summed E-state index contributed by atoms with van der Waals surface area (Å²) in [6.45, 7) is 6.19. The van der Waals surface area contributed by atoms with Crippen molar-refractivity contribution < 1.29 is 5.11 Å².